The van der Waals surface area contributed by atoms with E-state index in [2.05, 4.69) is 17.3 Å². The molecule has 2 aliphatic rings. The molecule has 5 heteroatoms. The lowest BCUT2D eigenvalue weighted by molar-refractivity contribution is -0.0744. The van der Waals surface area contributed by atoms with Crippen molar-refractivity contribution in [2.24, 2.45) is 5.92 Å². The van der Waals surface area contributed by atoms with Crippen LogP contribution in [0.1, 0.15) is 33.6 Å². The molecule has 1 N–H and O–H groups in total. The van der Waals surface area contributed by atoms with Crippen molar-refractivity contribution in [1.29, 1.82) is 0 Å². The van der Waals surface area contributed by atoms with E-state index in [1.54, 1.807) is 0 Å². The molecule has 5 nitrogen and oxygen atoms in total. The number of amides is 1. The van der Waals surface area contributed by atoms with Crippen LogP contribution in [-0.2, 0) is 9.47 Å². The molecule has 2 atom stereocenters. The lowest BCUT2D eigenvalue weighted by Crippen LogP contribution is -2.56. The van der Waals surface area contributed by atoms with Crippen LogP contribution in [0, 0.1) is 5.92 Å². The fourth-order valence-corrected chi connectivity index (χ4v) is 2.92. The number of nitrogens with zero attached hydrogens (tertiary/aromatic N) is 1. The Kier molecular flexibility index (Phi) is 4.36. The van der Waals surface area contributed by atoms with Crippen LogP contribution in [0.25, 0.3) is 0 Å². The van der Waals surface area contributed by atoms with Crippen molar-refractivity contribution in [3.05, 3.63) is 0 Å². The molecule has 110 valence electrons. The van der Waals surface area contributed by atoms with Crippen molar-refractivity contribution in [2.45, 2.75) is 51.3 Å². The standard InChI is InChI=1S/C14H26N2O3/c1-14(2,3)19-13(17)15-7-10-5-11-8-18-9-12(6-10)16(11)4/h10-12H,5-9H2,1-4H3,(H,15,17). The molecule has 0 radical (unpaired) electrons. The number of nitrogens with one attached hydrogen (secondary N) is 1. The molecule has 0 aromatic carbocycles. The van der Waals surface area contributed by atoms with Crippen LogP contribution in [0.5, 0.6) is 0 Å². The first kappa shape index (κ1) is 14.6. The Balaban J connectivity index is 1.77. The third-order valence-corrected chi connectivity index (χ3v) is 3.92. The zero-order chi connectivity index (χ0) is 14.0. The largest absolute Gasteiger partial charge is 0.444 e. The number of piperidine rings is 1. The molecule has 0 aliphatic carbocycles. The molecule has 2 bridgehead atoms. The van der Waals surface area contributed by atoms with Gasteiger partial charge in [0.05, 0.1) is 13.2 Å². The van der Waals surface area contributed by atoms with E-state index in [1.165, 1.54) is 0 Å². The van der Waals surface area contributed by atoms with Crippen LogP contribution < -0.4 is 5.32 Å². The second-order valence-electron chi connectivity index (χ2n) is 6.73. The zero-order valence-corrected chi connectivity index (χ0v) is 12.4. The number of rotatable bonds is 2. The monoisotopic (exact) mass is 270 g/mol. The van der Waals surface area contributed by atoms with E-state index in [9.17, 15) is 4.79 Å². The van der Waals surface area contributed by atoms with Gasteiger partial charge in [0.25, 0.3) is 0 Å². The average Bonchev–Trinajstić information content (AvgIpc) is 2.24. The molecule has 1 amide bonds. The Bertz CT molecular complexity index is 313. The van der Waals surface area contributed by atoms with Crippen molar-refractivity contribution >= 4 is 6.09 Å². The number of hydrogen-bond donors (Lipinski definition) is 1. The van der Waals surface area contributed by atoms with Crippen molar-refractivity contribution in [3.8, 4) is 0 Å². The number of alkyl carbamates (subject to hydrolysis) is 1. The van der Waals surface area contributed by atoms with Crippen molar-refractivity contribution in [3.63, 3.8) is 0 Å². The van der Waals surface area contributed by atoms with Gasteiger partial charge in [-0.1, -0.05) is 0 Å². The number of hydrogen-bond acceptors (Lipinski definition) is 4. The van der Waals surface area contributed by atoms with Crippen LogP contribution in [0.3, 0.4) is 0 Å². The number of likely N-dealkylation sites (N-methyl/N-ethyl adjacent to an activating group) is 1. The van der Waals surface area contributed by atoms with Gasteiger partial charge in [-0.25, -0.2) is 4.79 Å². The molecule has 2 heterocycles. The third-order valence-electron chi connectivity index (χ3n) is 3.92. The summed E-state index contributed by atoms with van der Waals surface area (Å²) < 4.78 is 10.9. The van der Waals surface area contributed by atoms with E-state index >= 15 is 0 Å². The molecule has 2 saturated heterocycles. The minimum Gasteiger partial charge on any atom is -0.444 e. The predicted molar refractivity (Wildman–Crippen MR) is 73.1 cm³/mol. The molecule has 0 aromatic heterocycles. The summed E-state index contributed by atoms with van der Waals surface area (Å²) in [7, 11) is 2.18. The zero-order valence-electron chi connectivity index (χ0n) is 12.4. The second-order valence-corrected chi connectivity index (χ2v) is 6.73. The first-order valence-electron chi connectivity index (χ1n) is 7.11. The van der Waals surface area contributed by atoms with Gasteiger partial charge in [0.15, 0.2) is 0 Å². The molecular weight excluding hydrogens is 244 g/mol. The number of morpholine rings is 1. The Labute approximate surface area is 115 Å². The topological polar surface area (TPSA) is 50.8 Å². The predicted octanol–water partition coefficient (Wildman–Crippen LogP) is 1.62. The summed E-state index contributed by atoms with van der Waals surface area (Å²) in [5, 5.41) is 2.89. The first-order chi connectivity index (χ1) is 8.85. The summed E-state index contributed by atoms with van der Waals surface area (Å²) >= 11 is 0. The quantitative estimate of drug-likeness (QED) is 0.828. The SMILES string of the molecule is CN1C2COCC1CC(CNC(=O)OC(C)(C)C)C2. The minimum atomic E-state index is -0.429. The normalized spacial score (nSPS) is 31.9. The van der Waals surface area contributed by atoms with Gasteiger partial charge in [-0.3, -0.25) is 4.90 Å². The van der Waals surface area contributed by atoms with Crippen LogP contribution in [-0.4, -0.2) is 55.5 Å². The molecular formula is C14H26N2O3. The Morgan fingerprint density at radius 2 is 1.89 bits per heavy atom. The van der Waals surface area contributed by atoms with Crippen molar-refractivity contribution in [1.82, 2.24) is 10.2 Å². The molecule has 2 fully saturated rings. The Hall–Kier alpha value is -0.810. The van der Waals surface area contributed by atoms with Gasteiger partial charge in [-0.05, 0) is 46.6 Å². The first-order valence-corrected chi connectivity index (χ1v) is 7.11. The maximum Gasteiger partial charge on any atom is 0.407 e. The van der Waals surface area contributed by atoms with E-state index in [1.807, 2.05) is 20.8 Å². The van der Waals surface area contributed by atoms with E-state index in [0.29, 0.717) is 24.5 Å². The maximum atomic E-state index is 11.6. The molecule has 0 aromatic rings. The Morgan fingerprint density at radius 1 is 1.32 bits per heavy atom. The van der Waals surface area contributed by atoms with E-state index in [4.69, 9.17) is 9.47 Å². The molecule has 2 aliphatic heterocycles. The summed E-state index contributed by atoms with van der Waals surface area (Å²) in [6.07, 6.45) is 1.86. The maximum absolute atomic E-state index is 11.6. The third kappa shape index (κ3) is 4.08. The van der Waals surface area contributed by atoms with E-state index < -0.39 is 5.60 Å². The van der Waals surface area contributed by atoms with Crippen LogP contribution in [0.15, 0.2) is 0 Å². The Morgan fingerprint density at radius 3 is 2.42 bits per heavy atom. The lowest BCUT2D eigenvalue weighted by atomic mass is 9.85. The second kappa shape index (κ2) is 5.67. The number of carbonyl (C=O) groups excluding carboxylic acids is 1. The lowest BCUT2D eigenvalue weighted by Gasteiger charge is -2.46. The van der Waals surface area contributed by atoms with Crippen molar-refractivity contribution < 1.29 is 14.3 Å². The molecule has 2 unspecified atom stereocenters. The highest BCUT2D eigenvalue weighted by Gasteiger charge is 2.36. The summed E-state index contributed by atoms with van der Waals surface area (Å²) in [6, 6.07) is 0.996. The summed E-state index contributed by atoms with van der Waals surface area (Å²) in [4.78, 5) is 14.1. The molecule has 0 saturated carbocycles. The van der Waals surface area contributed by atoms with Gasteiger partial charge >= 0.3 is 6.09 Å². The summed E-state index contributed by atoms with van der Waals surface area (Å²) in [5.41, 5.74) is -0.429. The number of ether oxygens (including phenoxy) is 2. The van der Waals surface area contributed by atoms with Crippen LogP contribution >= 0.6 is 0 Å². The molecule has 0 spiro atoms. The van der Waals surface area contributed by atoms with Gasteiger partial charge in [0.2, 0.25) is 0 Å². The van der Waals surface area contributed by atoms with Gasteiger partial charge in [0, 0.05) is 18.6 Å². The minimum absolute atomic E-state index is 0.312. The average molecular weight is 270 g/mol. The summed E-state index contributed by atoms with van der Waals surface area (Å²) in [6.45, 7) is 7.97. The van der Waals surface area contributed by atoms with Gasteiger partial charge in [-0.15, -0.1) is 0 Å². The van der Waals surface area contributed by atoms with Gasteiger partial charge < -0.3 is 14.8 Å². The van der Waals surface area contributed by atoms with E-state index in [0.717, 1.165) is 26.1 Å². The highest BCUT2D eigenvalue weighted by molar-refractivity contribution is 5.67. The fraction of sp³-hybridized carbons (Fsp3) is 0.929. The molecule has 2 rings (SSSR count). The van der Waals surface area contributed by atoms with Crippen LogP contribution in [0.2, 0.25) is 0 Å². The number of fused-ring (bicyclic) bond motifs is 2. The highest BCUT2D eigenvalue weighted by atomic mass is 16.6. The van der Waals surface area contributed by atoms with Gasteiger partial charge in [0.1, 0.15) is 5.60 Å². The van der Waals surface area contributed by atoms with Gasteiger partial charge in [-0.2, -0.15) is 0 Å². The smallest absolute Gasteiger partial charge is 0.407 e. The highest BCUT2D eigenvalue weighted by Crippen LogP contribution is 2.29. The van der Waals surface area contributed by atoms with E-state index in [-0.39, 0.29) is 6.09 Å². The molecule has 19 heavy (non-hydrogen) atoms. The fourth-order valence-electron chi connectivity index (χ4n) is 2.92. The van der Waals surface area contributed by atoms with Crippen molar-refractivity contribution in [2.75, 3.05) is 26.8 Å². The van der Waals surface area contributed by atoms with Crippen LogP contribution in [0.4, 0.5) is 4.79 Å². The summed E-state index contributed by atoms with van der Waals surface area (Å²) in [5.74, 6) is 0.530. The number of carbonyl (C=O) groups is 1.